The largest absolute Gasteiger partial charge is 0.504 e. The molecule has 0 heterocycles. The van der Waals surface area contributed by atoms with Crippen molar-refractivity contribution in [1.82, 2.24) is 5.32 Å². The normalized spacial score (nSPS) is 9.80. The SMILES string of the molecule is C#CCCNCc1ccc(O)c(O)c1O. The Morgan fingerprint density at radius 2 is 1.93 bits per heavy atom. The van der Waals surface area contributed by atoms with Gasteiger partial charge in [-0.1, -0.05) is 6.07 Å². The fraction of sp³-hybridized carbons (Fsp3) is 0.273. The summed E-state index contributed by atoms with van der Waals surface area (Å²) in [6, 6.07) is 2.86. The van der Waals surface area contributed by atoms with Crippen LogP contribution in [0.3, 0.4) is 0 Å². The van der Waals surface area contributed by atoms with E-state index in [-0.39, 0.29) is 11.5 Å². The molecule has 1 aromatic rings. The Bertz CT molecular complexity index is 382. The van der Waals surface area contributed by atoms with E-state index in [4.69, 9.17) is 11.5 Å². The van der Waals surface area contributed by atoms with Crippen LogP contribution in [0, 0.1) is 12.3 Å². The molecule has 0 aliphatic heterocycles. The molecule has 0 fully saturated rings. The summed E-state index contributed by atoms with van der Waals surface area (Å²) in [4.78, 5) is 0. The molecule has 0 aliphatic carbocycles. The van der Waals surface area contributed by atoms with E-state index in [1.54, 1.807) is 0 Å². The highest BCUT2D eigenvalue weighted by Crippen LogP contribution is 2.36. The van der Waals surface area contributed by atoms with Crippen molar-refractivity contribution in [1.29, 1.82) is 0 Å². The molecule has 15 heavy (non-hydrogen) atoms. The standard InChI is InChI=1S/C11H13NO3/c1-2-3-6-12-7-8-4-5-9(13)11(15)10(8)14/h1,4-5,12-15H,3,6-7H2. The van der Waals surface area contributed by atoms with Crippen LogP contribution in [0.15, 0.2) is 12.1 Å². The van der Waals surface area contributed by atoms with Crippen LogP contribution in [0.25, 0.3) is 0 Å². The molecule has 4 N–H and O–H groups in total. The molecule has 80 valence electrons. The van der Waals surface area contributed by atoms with Gasteiger partial charge in [-0.05, 0) is 6.07 Å². The van der Waals surface area contributed by atoms with Crippen LogP contribution in [0.4, 0.5) is 0 Å². The highest BCUT2D eigenvalue weighted by Gasteiger charge is 2.09. The lowest BCUT2D eigenvalue weighted by Crippen LogP contribution is -2.14. The summed E-state index contributed by atoms with van der Waals surface area (Å²) >= 11 is 0. The minimum Gasteiger partial charge on any atom is -0.504 e. The van der Waals surface area contributed by atoms with Crippen LogP contribution >= 0.6 is 0 Å². The lowest BCUT2D eigenvalue weighted by Gasteiger charge is -2.07. The zero-order valence-electron chi connectivity index (χ0n) is 8.20. The Balaban J connectivity index is 2.63. The number of hydrogen-bond donors (Lipinski definition) is 4. The maximum atomic E-state index is 9.44. The summed E-state index contributed by atoms with van der Waals surface area (Å²) in [6.45, 7) is 1.03. The minimum absolute atomic E-state index is 0.303. The van der Waals surface area contributed by atoms with Crippen molar-refractivity contribution in [2.24, 2.45) is 0 Å². The van der Waals surface area contributed by atoms with Gasteiger partial charge in [0.15, 0.2) is 11.5 Å². The van der Waals surface area contributed by atoms with Crippen molar-refractivity contribution in [2.75, 3.05) is 6.54 Å². The monoisotopic (exact) mass is 207 g/mol. The molecule has 0 aromatic heterocycles. The van der Waals surface area contributed by atoms with E-state index in [1.807, 2.05) is 0 Å². The van der Waals surface area contributed by atoms with Crippen LogP contribution in [0.5, 0.6) is 17.2 Å². The quantitative estimate of drug-likeness (QED) is 0.336. The number of aromatic hydroxyl groups is 3. The van der Waals surface area contributed by atoms with Crippen LogP contribution in [-0.4, -0.2) is 21.9 Å². The zero-order chi connectivity index (χ0) is 11.3. The molecule has 0 amide bonds. The zero-order valence-corrected chi connectivity index (χ0v) is 8.20. The summed E-state index contributed by atoms with van der Waals surface area (Å²) in [5, 5.41) is 30.7. The Kier molecular flexibility index (Phi) is 3.83. The molecule has 4 nitrogen and oxygen atoms in total. The number of benzene rings is 1. The van der Waals surface area contributed by atoms with Crippen LogP contribution in [-0.2, 0) is 6.54 Å². The van der Waals surface area contributed by atoms with Gasteiger partial charge in [0.1, 0.15) is 0 Å². The first-order valence-electron chi connectivity index (χ1n) is 4.53. The summed E-state index contributed by atoms with van der Waals surface area (Å²) in [5.74, 6) is 1.34. The molecule has 0 saturated heterocycles. The number of rotatable bonds is 4. The van der Waals surface area contributed by atoms with E-state index in [1.165, 1.54) is 12.1 Å². The summed E-state index contributed by atoms with van der Waals surface area (Å²) in [7, 11) is 0. The molecule has 0 saturated carbocycles. The van der Waals surface area contributed by atoms with Gasteiger partial charge in [-0.15, -0.1) is 12.3 Å². The fourth-order valence-corrected chi connectivity index (χ4v) is 1.14. The first-order valence-corrected chi connectivity index (χ1v) is 4.53. The highest BCUT2D eigenvalue weighted by atomic mass is 16.3. The Hall–Kier alpha value is -1.86. The molecule has 0 radical (unpaired) electrons. The lowest BCUT2D eigenvalue weighted by atomic mass is 10.1. The van der Waals surface area contributed by atoms with E-state index in [0.29, 0.717) is 25.1 Å². The Morgan fingerprint density at radius 1 is 1.20 bits per heavy atom. The van der Waals surface area contributed by atoms with E-state index in [9.17, 15) is 10.2 Å². The van der Waals surface area contributed by atoms with E-state index in [0.717, 1.165) is 0 Å². The van der Waals surface area contributed by atoms with Crippen LogP contribution in [0.1, 0.15) is 12.0 Å². The molecule has 0 spiro atoms. The Morgan fingerprint density at radius 3 is 2.60 bits per heavy atom. The predicted molar refractivity (Wildman–Crippen MR) is 56.6 cm³/mol. The van der Waals surface area contributed by atoms with Gasteiger partial charge >= 0.3 is 0 Å². The molecule has 0 aliphatic rings. The van der Waals surface area contributed by atoms with Crippen molar-refractivity contribution in [3.8, 4) is 29.6 Å². The number of terminal acetylenes is 1. The van der Waals surface area contributed by atoms with Crippen molar-refractivity contribution < 1.29 is 15.3 Å². The van der Waals surface area contributed by atoms with Gasteiger partial charge in [0.2, 0.25) is 5.75 Å². The average Bonchev–Trinajstić information content (AvgIpc) is 2.24. The lowest BCUT2D eigenvalue weighted by molar-refractivity contribution is 0.364. The Labute approximate surface area is 88.2 Å². The second-order valence-electron chi connectivity index (χ2n) is 3.07. The second kappa shape index (κ2) is 5.13. The fourth-order valence-electron chi connectivity index (χ4n) is 1.14. The molecular weight excluding hydrogens is 194 g/mol. The van der Waals surface area contributed by atoms with Crippen molar-refractivity contribution in [2.45, 2.75) is 13.0 Å². The van der Waals surface area contributed by atoms with E-state index < -0.39 is 5.75 Å². The summed E-state index contributed by atoms with van der Waals surface area (Å²) in [6.07, 6.45) is 5.67. The average molecular weight is 207 g/mol. The minimum atomic E-state index is -0.494. The number of phenols is 3. The highest BCUT2D eigenvalue weighted by molar-refractivity contribution is 5.52. The van der Waals surface area contributed by atoms with E-state index >= 15 is 0 Å². The van der Waals surface area contributed by atoms with Gasteiger partial charge in [-0.25, -0.2) is 0 Å². The first kappa shape index (κ1) is 11.2. The third-order valence-electron chi connectivity index (χ3n) is 1.98. The van der Waals surface area contributed by atoms with E-state index in [2.05, 4.69) is 11.2 Å². The maximum absolute atomic E-state index is 9.44. The van der Waals surface area contributed by atoms with Gasteiger partial charge in [-0.2, -0.15) is 0 Å². The van der Waals surface area contributed by atoms with Gasteiger partial charge in [0.25, 0.3) is 0 Å². The van der Waals surface area contributed by atoms with Crippen molar-refractivity contribution >= 4 is 0 Å². The van der Waals surface area contributed by atoms with Gasteiger partial charge in [-0.3, -0.25) is 0 Å². The molecule has 0 unspecified atom stereocenters. The van der Waals surface area contributed by atoms with Gasteiger partial charge in [0, 0.05) is 25.1 Å². The summed E-state index contributed by atoms with van der Waals surface area (Å²) < 4.78 is 0. The third-order valence-corrected chi connectivity index (χ3v) is 1.98. The molecule has 0 atom stereocenters. The number of nitrogens with one attached hydrogen (secondary N) is 1. The van der Waals surface area contributed by atoms with Gasteiger partial charge in [0.05, 0.1) is 0 Å². The van der Waals surface area contributed by atoms with Crippen molar-refractivity contribution in [3.05, 3.63) is 17.7 Å². The smallest absolute Gasteiger partial charge is 0.200 e. The van der Waals surface area contributed by atoms with Crippen molar-refractivity contribution in [3.63, 3.8) is 0 Å². The van der Waals surface area contributed by atoms with Crippen LogP contribution in [0.2, 0.25) is 0 Å². The van der Waals surface area contributed by atoms with Gasteiger partial charge < -0.3 is 20.6 Å². The molecule has 1 rings (SSSR count). The molecule has 4 heteroatoms. The molecular formula is C11H13NO3. The topological polar surface area (TPSA) is 72.7 Å². The number of hydrogen-bond acceptors (Lipinski definition) is 4. The number of phenolic OH excluding ortho intramolecular Hbond substituents is 3. The van der Waals surface area contributed by atoms with Crippen LogP contribution < -0.4 is 5.32 Å². The predicted octanol–water partition coefficient (Wildman–Crippen LogP) is 0.916. The maximum Gasteiger partial charge on any atom is 0.200 e. The third kappa shape index (κ3) is 2.79. The molecule has 1 aromatic carbocycles. The molecule has 0 bridgehead atoms. The summed E-state index contributed by atoms with van der Waals surface area (Å²) in [5.41, 5.74) is 0.516. The first-order chi connectivity index (χ1) is 7.16. The second-order valence-corrected chi connectivity index (χ2v) is 3.07.